The SMILES string of the molecule is CN(C)C(=O)CCCN1C(=O)COc2ccc(C3=NCCS3)cc21. The molecule has 7 heteroatoms. The van der Waals surface area contributed by atoms with Crippen molar-refractivity contribution in [3.8, 4) is 5.75 Å². The lowest BCUT2D eigenvalue weighted by Crippen LogP contribution is -2.39. The van der Waals surface area contributed by atoms with E-state index in [1.165, 1.54) is 0 Å². The van der Waals surface area contributed by atoms with Gasteiger partial charge in [-0.1, -0.05) is 0 Å². The molecule has 0 unspecified atom stereocenters. The Morgan fingerprint density at radius 1 is 1.42 bits per heavy atom. The first-order valence-corrected chi connectivity index (χ1v) is 9.00. The van der Waals surface area contributed by atoms with Gasteiger partial charge in [0, 0.05) is 44.9 Å². The Morgan fingerprint density at radius 3 is 2.96 bits per heavy atom. The molecule has 0 bridgehead atoms. The Labute approximate surface area is 145 Å². The Hall–Kier alpha value is -2.02. The number of aliphatic imine (C=N–C) groups is 1. The van der Waals surface area contributed by atoms with Gasteiger partial charge in [0.25, 0.3) is 5.91 Å². The van der Waals surface area contributed by atoms with Gasteiger partial charge in [0.1, 0.15) is 5.75 Å². The molecule has 2 heterocycles. The fraction of sp³-hybridized carbons (Fsp3) is 0.471. The van der Waals surface area contributed by atoms with Crippen LogP contribution in [0.5, 0.6) is 5.75 Å². The monoisotopic (exact) mass is 347 g/mol. The van der Waals surface area contributed by atoms with Crippen molar-refractivity contribution in [3.63, 3.8) is 0 Å². The molecule has 0 atom stereocenters. The molecule has 0 saturated heterocycles. The maximum Gasteiger partial charge on any atom is 0.265 e. The van der Waals surface area contributed by atoms with Crippen molar-refractivity contribution in [2.75, 3.05) is 44.4 Å². The lowest BCUT2D eigenvalue weighted by atomic mass is 10.1. The molecule has 3 rings (SSSR count). The van der Waals surface area contributed by atoms with E-state index in [0.29, 0.717) is 25.1 Å². The van der Waals surface area contributed by atoms with Crippen LogP contribution in [0.15, 0.2) is 23.2 Å². The lowest BCUT2D eigenvalue weighted by molar-refractivity contribution is -0.129. The van der Waals surface area contributed by atoms with E-state index in [0.717, 1.165) is 28.6 Å². The zero-order chi connectivity index (χ0) is 17.1. The summed E-state index contributed by atoms with van der Waals surface area (Å²) in [7, 11) is 3.48. The zero-order valence-corrected chi connectivity index (χ0v) is 14.8. The molecule has 128 valence electrons. The molecule has 0 fully saturated rings. The topological polar surface area (TPSA) is 62.2 Å². The summed E-state index contributed by atoms with van der Waals surface area (Å²) in [5, 5.41) is 1.01. The summed E-state index contributed by atoms with van der Waals surface area (Å²) in [4.78, 5) is 31.8. The molecule has 0 N–H and O–H groups in total. The van der Waals surface area contributed by atoms with Crippen LogP contribution in [-0.2, 0) is 9.59 Å². The van der Waals surface area contributed by atoms with Crippen LogP contribution in [0, 0.1) is 0 Å². The van der Waals surface area contributed by atoms with Gasteiger partial charge >= 0.3 is 0 Å². The quantitative estimate of drug-likeness (QED) is 0.814. The fourth-order valence-corrected chi connectivity index (χ4v) is 3.55. The van der Waals surface area contributed by atoms with Gasteiger partial charge in [0.05, 0.1) is 10.7 Å². The minimum absolute atomic E-state index is 0.0453. The van der Waals surface area contributed by atoms with E-state index in [4.69, 9.17) is 4.74 Å². The molecule has 0 saturated carbocycles. The molecular weight excluding hydrogens is 326 g/mol. The number of fused-ring (bicyclic) bond motifs is 1. The number of thioether (sulfide) groups is 1. The number of hydrogen-bond donors (Lipinski definition) is 0. The first kappa shape index (κ1) is 16.8. The van der Waals surface area contributed by atoms with Gasteiger partial charge in [-0.15, -0.1) is 11.8 Å². The molecule has 0 aliphatic carbocycles. The highest BCUT2D eigenvalue weighted by Crippen LogP contribution is 2.34. The van der Waals surface area contributed by atoms with E-state index in [-0.39, 0.29) is 18.4 Å². The predicted molar refractivity (Wildman–Crippen MR) is 96.1 cm³/mol. The second kappa shape index (κ2) is 7.25. The number of carbonyl (C=O) groups excluding carboxylic acids is 2. The molecule has 0 radical (unpaired) electrons. The lowest BCUT2D eigenvalue weighted by Gasteiger charge is -2.30. The molecule has 2 amide bonds. The van der Waals surface area contributed by atoms with E-state index in [2.05, 4.69) is 4.99 Å². The number of carbonyl (C=O) groups is 2. The van der Waals surface area contributed by atoms with Crippen LogP contribution in [0.3, 0.4) is 0 Å². The Balaban J connectivity index is 1.77. The van der Waals surface area contributed by atoms with Gasteiger partial charge in [-0.3, -0.25) is 14.6 Å². The molecule has 24 heavy (non-hydrogen) atoms. The summed E-state index contributed by atoms with van der Waals surface area (Å²) in [6.45, 7) is 1.39. The number of amides is 2. The number of ether oxygens (including phenoxy) is 1. The molecular formula is C17H21N3O3S. The normalized spacial score (nSPS) is 16.5. The van der Waals surface area contributed by atoms with Crippen LogP contribution in [0.25, 0.3) is 0 Å². The summed E-state index contributed by atoms with van der Waals surface area (Å²) in [5.74, 6) is 1.71. The van der Waals surface area contributed by atoms with Gasteiger partial charge in [-0.2, -0.15) is 0 Å². The molecule has 2 aliphatic heterocycles. The van der Waals surface area contributed by atoms with E-state index in [9.17, 15) is 9.59 Å². The standard InChI is InChI=1S/C17H21N3O3S/c1-19(2)15(21)4-3-8-20-13-10-12(17-18-7-9-24-17)5-6-14(13)23-11-16(20)22/h5-6,10H,3-4,7-9,11H2,1-2H3. The second-order valence-electron chi connectivity index (χ2n) is 5.94. The third-order valence-electron chi connectivity index (χ3n) is 4.01. The highest BCUT2D eigenvalue weighted by molar-refractivity contribution is 8.14. The van der Waals surface area contributed by atoms with Crippen LogP contribution in [0.4, 0.5) is 5.69 Å². The van der Waals surface area contributed by atoms with Crippen LogP contribution in [-0.4, -0.2) is 61.3 Å². The molecule has 0 spiro atoms. The predicted octanol–water partition coefficient (Wildman–Crippen LogP) is 1.77. The third-order valence-corrected chi connectivity index (χ3v) is 5.03. The van der Waals surface area contributed by atoms with E-state index >= 15 is 0 Å². The van der Waals surface area contributed by atoms with Crippen LogP contribution >= 0.6 is 11.8 Å². The van der Waals surface area contributed by atoms with Gasteiger partial charge < -0.3 is 14.5 Å². The van der Waals surface area contributed by atoms with Crippen molar-refractivity contribution in [2.45, 2.75) is 12.8 Å². The Morgan fingerprint density at radius 2 is 2.25 bits per heavy atom. The third kappa shape index (κ3) is 3.56. The first-order valence-electron chi connectivity index (χ1n) is 8.01. The minimum Gasteiger partial charge on any atom is -0.482 e. The highest BCUT2D eigenvalue weighted by atomic mass is 32.2. The van der Waals surface area contributed by atoms with Crippen molar-refractivity contribution >= 4 is 34.3 Å². The summed E-state index contributed by atoms with van der Waals surface area (Å²) in [6.07, 6.45) is 1.05. The van der Waals surface area contributed by atoms with Crippen molar-refractivity contribution in [3.05, 3.63) is 23.8 Å². The maximum absolute atomic E-state index is 12.3. The van der Waals surface area contributed by atoms with E-state index in [1.807, 2.05) is 18.2 Å². The summed E-state index contributed by atoms with van der Waals surface area (Å²) >= 11 is 1.73. The fourth-order valence-electron chi connectivity index (χ4n) is 2.70. The summed E-state index contributed by atoms with van der Waals surface area (Å²) in [6, 6.07) is 5.85. The van der Waals surface area contributed by atoms with Gasteiger partial charge in [0.2, 0.25) is 5.91 Å². The van der Waals surface area contributed by atoms with E-state index in [1.54, 1.807) is 35.7 Å². The first-order chi connectivity index (χ1) is 11.6. The highest BCUT2D eigenvalue weighted by Gasteiger charge is 2.26. The second-order valence-corrected chi connectivity index (χ2v) is 7.03. The number of rotatable bonds is 5. The largest absolute Gasteiger partial charge is 0.482 e. The van der Waals surface area contributed by atoms with E-state index < -0.39 is 0 Å². The average Bonchev–Trinajstić information content (AvgIpc) is 3.10. The Bertz CT molecular complexity index is 688. The van der Waals surface area contributed by atoms with Gasteiger partial charge in [-0.05, 0) is 24.6 Å². The zero-order valence-electron chi connectivity index (χ0n) is 13.9. The average molecular weight is 347 g/mol. The smallest absolute Gasteiger partial charge is 0.265 e. The summed E-state index contributed by atoms with van der Waals surface area (Å²) < 4.78 is 5.54. The van der Waals surface area contributed by atoms with Crippen molar-refractivity contribution in [2.24, 2.45) is 4.99 Å². The number of benzene rings is 1. The minimum atomic E-state index is -0.0713. The Kier molecular flexibility index (Phi) is 5.08. The van der Waals surface area contributed by atoms with Crippen molar-refractivity contribution < 1.29 is 14.3 Å². The molecule has 6 nitrogen and oxygen atoms in total. The van der Waals surface area contributed by atoms with Crippen LogP contribution in [0.2, 0.25) is 0 Å². The number of hydrogen-bond acceptors (Lipinski definition) is 5. The van der Waals surface area contributed by atoms with Crippen molar-refractivity contribution in [1.82, 2.24) is 4.90 Å². The number of nitrogens with zero attached hydrogens (tertiary/aromatic N) is 3. The van der Waals surface area contributed by atoms with Gasteiger partial charge in [0.15, 0.2) is 6.61 Å². The molecule has 0 aromatic heterocycles. The van der Waals surface area contributed by atoms with Crippen molar-refractivity contribution in [1.29, 1.82) is 0 Å². The maximum atomic E-state index is 12.3. The summed E-state index contributed by atoms with van der Waals surface area (Å²) in [5.41, 5.74) is 1.79. The molecule has 1 aromatic rings. The van der Waals surface area contributed by atoms with Gasteiger partial charge in [-0.25, -0.2) is 0 Å². The molecule has 2 aliphatic rings. The molecule has 1 aromatic carbocycles. The number of anilines is 1. The van der Waals surface area contributed by atoms with Crippen LogP contribution < -0.4 is 9.64 Å². The van der Waals surface area contributed by atoms with Crippen LogP contribution in [0.1, 0.15) is 18.4 Å².